The molecule has 0 aromatic heterocycles. The van der Waals surface area contributed by atoms with Gasteiger partial charge in [-0.05, 0) is 24.7 Å². The normalized spacial score (nSPS) is 20.2. The standard InChI is InChI=1S/C19H18Cl2N2OS/c1-22-19-16(13-8-5-9-14(10-13)25-11-15(20)21)18(24)17(23-19)12-6-3-2-4-7-12/h2-10,15-16,19,22H,11H2,1H3. The van der Waals surface area contributed by atoms with E-state index in [1.807, 2.05) is 61.6 Å². The number of Topliss-reactive ketones (excluding diaryl/α,β-unsaturated/α-hetero) is 1. The first-order valence-electron chi connectivity index (χ1n) is 7.95. The van der Waals surface area contributed by atoms with Crippen molar-refractivity contribution in [1.82, 2.24) is 5.32 Å². The van der Waals surface area contributed by atoms with E-state index >= 15 is 0 Å². The van der Waals surface area contributed by atoms with Crippen molar-refractivity contribution >= 4 is 46.5 Å². The fraction of sp³-hybridized carbons (Fsp3) is 0.263. The van der Waals surface area contributed by atoms with Crippen molar-refractivity contribution in [2.75, 3.05) is 12.8 Å². The molecule has 3 nitrogen and oxygen atoms in total. The first-order valence-corrected chi connectivity index (χ1v) is 9.81. The van der Waals surface area contributed by atoms with Gasteiger partial charge in [0.05, 0.1) is 5.92 Å². The molecule has 1 aliphatic heterocycles. The van der Waals surface area contributed by atoms with Gasteiger partial charge in [-0.2, -0.15) is 0 Å². The number of nitrogens with zero attached hydrogens (tertiary/aromatic N) is 1. The van der Waals surface area contributed by atoms with Gasteiger partial charge in [-0.1, -0.05) is 42.5 Å². The zero-order valence-electron chi connectivity index (χ0n) is 13.7. The summed E-state index contributed by atoms with van der Waals surface area (Å²) in [6.07, 6.45) is -0.267. The lowest BCUT2D eigenvalue weighted by atomic mass is 9.91. The Labute approximate surface area is 161 Å². The second-order valence-electron chi connectivity index (χ2n) is 5.69. The number of nitrogens with one attached hydrogen (secondary N) is 1. The number of ketones is 1. The van der Waals surface area contributed by atoms with Gasteiger partial charge in [-0.15, -0.1) is 35.0 Å². The number of aliphatic imine (C=N–C) groups is 1. The quantitative estimate of drug-likeness (QED) is 0.588. The number of benzene rings is 2. The van der Waals surface area contributed by atoms with Crippen LogP contribution in [-0.2, 0) is 4.79 Å². The van der Waals surface area contributed by atoms with Crippen LogP contribution in [0.4, 0.5) is 0 Å². The van der Waals surface area contributed by atoms with Gasteiger partial charge in [0.25, 0.3) is 0 Å². The fourth-order valence-electron chi connectivity index (χ4n) is 2.90. The molecular formula is C19H18Cl2N2OS. The second kappa shape index (κ2) is 8.37. The first kappa shape index (κ1) is 18.5. The van der Waals surface area contributed by atoms with Gasteiger partial charge in [-0.25, -0.2) is 0 Å². The Morgan fingerprint density at radius 1 is 1.16 bits per heavy atom. The predicted octanol–water partition coefficient (Wildman–Crippen LogP) is 4.28. The largest absolute Gasteiger partial charge is 0.298 e. The molecule has 2 atom stereocenters. The molecule has 1 aliphatic rings. The summed E-state index contributed by atoms with van der Waals surface area (Å²) in [4.78, 5) is 18.3. The molecule has 0 saturated carbocycles. The minimum absolute atomic E-state index is 0.0419. The molecule has 2 unspecified atom stereocenters. The fourth-order valence-corrected chi connectivity index (χ4v) is 3.99. The summed E-state index contributed by atoms with van der Waals surface area (Å²) in [5.74, 6) is 0.315. The Kier molecular flexibility index (Phi) is 6.18. The maximum absolute atomic E-state index is 13.0. The molecule has 25 heavy (non-hydrogen) atoms. The van der Waals surface area contributed by atoms with E-state index in [9.17, 15) is 4.79 Å². The zero-order valence-corrected chi connectivity index (χ0v) is 16.0. The lowest BCUT2D eigenvalue weighted by Gasteiger charge is -2.17. The number of alkyl halides is 2. The van der Waals surface area contributed by atoms with Gasteiger partial charge >= 0.3 is 0 Å². The van der Waals surface area contributed by atoms with Gasteiger partial charge < -0.3 is 0 Å². The van der Waals surface area contributed by atoms with Crippen LogP contribution in [0.2, 0.25) is 0 Å². The van der Waals surface area contributed by atoms with Crippen LogP contribution >= 0.6 is 35.0 Å². The molecular weight excluding hydrogens is 375 g/mol. The summed E-state index contributed by atoms with van der Waals surface area (Å²) in [6.45, 7) is 0. The van der Waals surface area contributed by atoms with Gasteiger partial charge in [0.15, 0.2) is 5.78 Å². The highest BCUT2D eigenvalue weighted by Crippen LogP contribution is 2.32. The van der Waals surface area contributed by atoms with Crippen molar-refractivity contribution < 1.29 is 4.79 Å². The molecule has 0 bridgehead atoms. The SMILES string of the molecule is CNC1N=C(c2ccccc2)C(=O)C1c1cccc(SCC(Cl)Cl)c1. The van der Waals surface area contributed by atoms with Gasteiger partial charge in [0.2, 0.25) is 0 Å². The van der Waals surface area contributed by atoms with E-state index in [1.165, 1.54) is 0 Å². The Balaban J connectivity index is 1.87. The average molecular weight is 393 g/mol. The number of halogens is 2. The maximum Gasteiger partial charge on any atom is 0.192 e. The summed E-state index contributed by atoms with van der Waals surface area (Å²) in [5, 5.41) is 3.15. The Hall–Kier alpha value is -1.33. The van der Waals surface area contributed by atoms with Crippen molar-refractivity contribution in [3.05, 3.63) is 65.7 Å². The highest BCUT2D eigenvalue weighted by atomic mass is 35.5. The number of hydrogen-bond donors (Lipinski definition) is 1. The van der Waals surface area contributed by atoms with Gasteiger partial charge in [0, 0.05) is 16.2 Å². The molecule has 2 aromatic rings. The molecule has 0 saturated heterocycles. The molecule has 1 heterocycles. The van der Waals surface area contributed by atoms with E-state index in [-0.39, 0.29) is 17.9 Å². The molecule has 0 spiro atoms. The highest BCUT2D eigenvalue weighted by molar-refractivity contribution is 7.99. The Morgan fingerprint density at radius 3 is 2.60 bits per heavy atom. The summed E-state index contributed by atoms with van der Waals surface area (Å²) in [7, 11) is 1.83. The monoisotopic (exact) mass is 392 g/mol. The Morgan fingerprint density at radius 2 is 1.92 bits per heavy atom. The molecule has 3 rings (SSSR count). The van der Waals surface area contributed by atoms with Crippen molar-refractivity contribution in [3.8, 4) is 0 Å². The van der Waals surface area contributed by atoms with Gasteiger partial charge in [0.1, 0.15) is 16.7 Å². The zero-order chi connectivity index (χ0) is 17.8. The van der Waals surface area contributed by atoms with Crippen LogP contribution in [0.3, 0.4) is 0 Å². The Bertz CT molecular complexity index is 780. The van der Waals surface area contributed by atoms with E-state index in [4.69, 9.17) is 23.2 Å². The van der Waals surface area contributed by atoms with Crippen molar-refractivity contribution in [3.63, 3.8) is 0 Å². The van der Waals surface area contributed by atoms with Crippen LogP contribution in [0.5, 0.6) is 0 Å². The molecule has 0 fully saturated rings. The van der Waals surface area contributed by atoms with E-state index in [1.54, 1.807) is 11.8 Å². The highest BCUT2D eigenvalue weighted by Gasteiger charge is 2.38. The number of thioether (sulfide) groups is 1. The number of hydrogen-bond acceptors (Lipinski definition) is 4. The van der Waals surface area contributed by atoms with Crippen LogP contribution in [0.25, 0.3) is 0 Å². The number of carbonyl (C=O) groups is 1. The van der Waals surface area contributed by atoms with E-state index < -0.39 is 4.84 Å². The summed E-state index contributed by atoms with van der Waals surface area (Å²) in [5.41, 5.74) is 2.34. The lowest BCUT2D eigenvalue weighted by Crippen LogP contribution is -2.30. The van der Waals surface area contributed by atoms with Crippen LogP contribution in [0.15, 0.2) is 64.5 Å². The first-order chi connectivity index (χ1) is 12.1. The van der Waals surface area contributed by atoms with Crippen molar-refractivity contribution in [2.24, 2.45) is 4.99 Å². The minimum Gasteiger partial charge on any atom is -0.298 e. The van der Waals surface area contributed by atoms with E-state index in [2.05, 4.69) is 10.3 Å². The van der Waals surface area contributed by atoms with Crippen LogP contribution in [-0.4, -0.2) is 35.3 Å². The average Bonchev–Trinajstić information content (AvgIpc) is 2.97. The van der Waals surface area contributed by atoms with Crippen LogP contribution < -0.4 is 5.32 Å². The third-order valence-corrected chi connectivity index (χ3v) is 5.80. The lowest BCUT2D eigenvalue weighted by molar-refractivity contribution is -0.114. The summed E-state index contributed by atoms with van der Waals surface area (Å²) >= 11 is 13.2. The van der Waals surface area contributed by atoms with Gasteiger partial charge in [-0.3, -0.25) is 15.1 Å². The third-order valence-electron chi connectivity index (χ3n) is 4.04. The molecule has 0 radical (unpaired) electrons. The predicted molar refractivity (Wildman–Crippen MR) is 106 cm³/mol. The molecule has 1 N–H and O–H groups in total. The van der Waals surface area contributed by atoms with Crippen LogP contribution in [0, 0.1) is 0 Å². The van der Waals surface area contributed by atoms with Crippen LogP contribution in [0.1, 0.15) is 17.0 Å². The smallest absolute Gasteiger partial charge is 0.192 e. The number of carbonyl (C=O) groups excluding carboxylic acids is 1. The number of likely N-dealkylation sites (N-methyl/N-ethyl adjacent to an activating group) is 1. The summed E-state index contributed by atoms with van der Waals surface area (Å²) in [6, 6.07) is 17.5. The molecule has 6 heteroatoms. The van der Waals surface area contributed by atoms with Crippen molar-refractivity contribution in [2.45, 2.75) is 21.8 Å². The van der Waals surface area contributed by atoms with Crippen molar-refractivity contribution in [1.29, 1.82) is 0 Å². The van der Waals surface area contributed by atoms with E-state index in [0.717, 1.165) is 16.0 Å². The summed E-state index contributed by atoms with van der Waals surface area (Å²) < 4.78 is 0. The second-order valence-corrected chi connectivity index (χ2v) is 8.06. The molecule has 0 amide bonds. The molecule has 0 aliphatic carbocycles. The van der Waals surface area contributed by atoms with E-state index in [0.29, 0.717) is 11.5 Å². The topological polar surface area (TPSA) is 41.5 Å². The minimum atomic E-state index is -0.417. The molecule has 2 aromatic carbocycles. The third kappa shape index (κ3) is 4.26. The maximum atomic E-state index is 13.0. The molecule has 130 valence electrons. The number of rotatable bonds is 6.